The second-order valence-electron chi connectivity index (χ2n) is 2.56. The second kappa shape index (κ2) is 2.95. The normalized spacial score (nSPS) is 33.7. The van der Waals surface area contributed by atoms with Crippen LogP contribution in [0.1, 0.15) is 20.3 Å². The Balaban J connectivity index is 2.74. The summed E-state index contributed by atoms with van der Waals surface area (Å²) in [5.41, 5.74) is 1.10. The molecule has 0 aromatic carbocycles. The van der Waals surface area contributed by atoms with E-state index in [4.69, 9.17) is 5.26 Å². The van der Waals surface area contributed by atoms with E-state index < -0.39 is 4.93 Å². The van der Waals surface area contributed by atoms with Gasteiger partial charge in [-0.3, -0.25) is 5.26 Å². The number of rotatable bonds is 1. The van der Waals surface area contributed by atoms with E-state index in [1.807, 2.05) is 13.8 Å². The van der Waals surface area contributed by atoms with Crippen molar-refractivity contribution in [2.75, 3.05) is 5.75 Å². The first kappa shape index (κ1) is 8.11. The molecule has 1 unspecified atom stereocenters. The summed E-state index contributed by atoms with van der Waals surface area (Å²) >= 11 is 1.63. The molecule has 10 heavy (non-hydrogen) atoms. The molecule has 1 heterocycles. The van der Waals surface area contributed by atoms with Crippen molar-refractivity contribution < 1.29 is 10.1 Å². The molecule has 0 aliphatic carbocycles. The van der Waals surface area contributed by atoms with Gasteiger partial charge in [0.25, 0.3) is 0 Å². The third-order valence-electron chi connectivity index (χ3n) is 1.84. The Kier molecular flexibility index (Phi) is 2.39. The lowest BCUT2D eigenvalue weighted by Gasteiger charge is -2.29. The lowest BCUT2D eigenvalue weighted by Crippen LogP contribution is -2.27. The molecule has 58 valence electrons. The van der Waals surface area contributed by atoms with E-state index in [-0.39, 0.29) is 0 Å². The van der Waals surface area contributed by atoms with E-state index in [0.717, 1.165) is 17.7 Å². The van der Waals surface area contributed by atoms with Crippen molar-refractivity contribution in [2.24, 2.45) is 0 Å². The molecule has 0 amide bonds. The van der Waals surface area contributed by atoms with Gasteiger partial charge < -0.3 is 0 Å². The lowest BCUT2D eigenvalue weighted by molar-refractivity contribution is -0.276. The first-order valence-corrected chi connectivity index (χ1v) is 4.31. The zero-order chi connectivity index (χ0) is 7.61. The third kappa shape index (κ3) is 1.36. The van der Waals surface area contributed by atoms with Gasteiger partial charge in [0.05, 0.1) is 0 Å². The minimum absolute atomic E-state index is 0.488. The summed E-state index contributed by atoms with van der Waals surface area (Å²) in [5.74, 6) is 1.02. The van der Waals surface area contributed by atoms with E-state index >= 15 is 0 Å². The average molecular weight is 160 g/mol. The number of hydrogen-bond donors (Lipinski definition) is 1. The van der Waals surface area contributed by atoms with E-state index in [1.54, 1.807) is 11.8 Å². The number of thioether (sulfide) groups is 1. The largest absolute Gasteiger partial charge is 0.250 e. The molecule has 1 N–H and O–H groups in total. The average Bonchev–Trinajstić information content (AvgIpc) is 1.96. The minimum Gasteiger partial charge on any atom is -0.250 e. The minimum atomic E-state index is -0.488. The van der Waals surface area contributed by atoms with Crippen molar-refractivity contribution >= 4 is 11.8 Å². The Morgan fingerprint density at radius 1 is 1.80 bits per heavy atom. The van der Waals surface area contributed by atoms with Crippen LogP contribution in [-0.4, -0.2) is 15.9 Å². The molecule has 1 aliphatic heterocycles. The first-order valence-electron chi connectivity index (χ1n) is 3.33. The fourth-order valence-electron chi connectivity index (χ4n) is 0.927. The topological polar surface area (TPSA) is 29.5 Å². The summed E-state index contributed by atoms with van der Waals surface area (Å²) in [6.07, 6.45) is 3.18. The summed E-state index contributed by atoms with van der Waals surface area (Å²) in [6, 6.07) is 0. The van der Waals surface area contributed by atoms with Crippen molar-refractivity contribution in [1.82, 2.24) is 0 Å². The van der Waals surface area contributed by atoms with Crippen LogP contribution < -0.4 is 0 Å². The zero-order valence-electron chi connectivity index (χ0n) is 6.26. The molecule has 0 aromatic rings. The third-order valence-corrected chi connectivity index (χ3v) is 3.22. The highest BCUT2D eigenvalue weighted by atomic mass is 32.2. The highest BCUT2D eigenvalue weighted by molar-refractivity contribution is 8.00. The van der Waals surface area contributed by atoms with Gasteiger partial charge in [-0.2, -0.15) is 0 Å². The van der Waals surface area contributed by atoms with Crippen LogP contribution in [0.4, 0.5) is 0 Å². The van der Waals surface area contributed by atoms with Crippen LogP contribution in [0.5, 0.6) is 0 Å². The monoisotopic (exact) mass is 160 g/mol. The van der Waals surface area contributed by atoms with Gasteiger partial charge in [0.1, 0.15) is 0 Å². The molecule has 1 aliphatic rings. The molecular weight excluding hydrogens is 148 g/mol. The van der Waals surface area contributed by atoms with Crippen LogP contribution in [0.25, 0.3) is 0 Å². The molecule has 0 saturated heterocycles. The summed E-state index contributed by atoms with van der Waals surface area (Å²) in [7, 11) is 0. The van der Waals surface area contributed by atoms with Crippen LogP contribution >= 0.6 is 11.8 Å². The van der Waals surface area contributed by atoms with E-state index in [0.29, 0.717) is 0 Å². The smallest absolute Gasteiger partial charge is 0.166 e. The van der Waals surface area contributed by atoms with Gasteiger partial charge in [0.2, 0.25) is 0 Å². The van der Waals surface area contributed by atoms with Crippen LogP contribution in [0, 0.1) is 0 Å². The molecule has 0 spiro atoms. The van der Waals surface area contributed by atoms with Gasteiger partial charge in [0, 0.05) is 0 Å². The van der Waals surface area contributed by atoms with E-state index in [1.165, 1.54) is 0 Å². The quantitative estimate of drug-likeness (QED) is 0.362. The predicted molar refractivity (Wildman–Crippen MR) is 43.0 cm³/mol. The van der Waals surface area contributed by atoms with Gasteiger partial charge in [0.15, 0.2) is 4.93 Å². The summed E-state index contributed by atoms with van der Waals surface area (Å²) < 4.78 is 0. The van der Waals surface area contributed by atoms with Crippen LogP contribution in [0.2, 0.25) is 0 Å². The van der Waals surface area contributed by atoms with Crippen molar-refractivity contribution in [3.05, 3.63) is 11.6 Å². The maximum absolute atomic E-state index is 8.56. The molecule has 1 atom stereocenters. The maximum Gasteiger partial charge on any atom is 0.166 e. The highest BCUT2D eigenvalue weighted by Crippen LogP contribution is 2.37. The molecule has 0 fully saturated rings. The molecule has 2 nitrogen and oxygen atoms in total. The van der Waals surface area contributed by atoms with Crippen LogP contribution in [-0.2, 0) is 4.89 Å². The number of allylic oxidation sites excluding steroid dienone is 1. The molecule has 1 rings (SSSR count). The van der Waals surface area contributed by atoms with Crippen LogP contribution in [0.3, 0.4) is 0 Å². The van der Waals surface area contributed by atoms with E-state index in [2.05, 4.69) is 11.0 Å². The molecule has 0 bridgehead atoms. The van der Waals surface area contributed by atoms with Gasteiger partial charge in [-0.15, -0.1) is 11.8 Å². The van der Waals surface area contributed by atoms with Crippen molar-refractivity contribution in [2.45, 2.75) is 25.2 Å². The summed E-state index contributed by atoms with van der Waals surface area (Å²) in [4.78, 5) is 3.90. The second-order valence-corrected chi connectivity index (χ2v) is 4.04. The van der Waals surface area contributed by atoms with Gasteiger partial charge in [-0.25, -0.2) is 4.89 Å². The standard InChI is InChI=1S/C7H12O2S/c1-6-4-3-5-10-7(6,2)9-8/h4,8H,3,5H2,1-2H3. The molecule has 0 aromatic heterocycles. The molecular formula is C7H12O2S. The van der Waals surface area contributed by atoms with Crippen molar-refractivity contribution in [3.8, 4) is 0 Å². The fraction of sp³-hybridized carbons (Fsp3) is 0.714. The van der Waals surface area contributed by atoms with Crippen LogP contribution in [0.15, 0.2) is 11.6 Å². The summed E-state index contributed by atoms with van der Waals surface area (Å²) in [6.45, 7) is 3.85. The van der Waals surface area contributed by atoms with Crippen molar-refractivity contribution in [1.29, 1.82) is 0 Å². The van der Waals surface area contributed by atoms with Crippen molar-refractivity contribution in [3.63, 3.8) is 0 Å². The van der Waals surface area contributed by atoms with Gasteiger partial charge in [-0.1, -0.05) is 6.08 Å². The Bertz CT molecular complexity index is 156. The SMILES string of the molecule is CC1=CCCSC1(C)OO. The first-order chi connectivity index (χ1) is 4.69. The maximum atomic E-state index is 8.56. The molecule has 0 radical (unpaired) electrons. The fourth-order valence-corrected chi connectivity index (χ4v) is 1.92. The molecule has 3 heteroatoms. The van der Waals surface area contributed by atoms with E-state index in [9.17, 15) is 0 Å². The van der Waals surface area contributed by atoms with Gasteiger partial charge in [-0.05, 0) is 31.6 Å². The molecule has 0 saturated carbocycles. The predicted octanol–water partition coefficient (Wildman–Crippen LogP) is 2.28. The lowest BCUT2D eigenvalue weighted by atomic mass is 10.1. The number of hydrogen-bond acceptors (Lipinski definition) is 3. The summed E-state index contributed by atoms with van der Waals surface area (Å²) in [5, 5.41) is 8.56. The Labute approximate surface area is 65.2 Å². The highest BCUT2D eigenvalue weighted by Gasteiger charge is 2.30. The Morgan fingerprint density at radius 2 is 2.50 bits per heavy atom. The zero-order valence-corrected chi connectivity index (χ0v) is 7.07. The Hall–Kier alpha value is 0.01000. The van der Waals surface area contributed by atoms with Gasteiger partial charge >= 0.3 is 0 Å². The Morgan fingerprint density at radius 3 is 2.90 bits per heavy atom.